The quantitative estimate of drug-likeness (QED) is 0.576. The fraction of sp³-hybridized carbons (Fsp3) is 0.650. The number of piperidine rings is 1. The molecule has 1 N–H and O–H groups in total. The molecule has 0 spiro atoms. The van der Waals surface area contributed by atoms with E-state index in [1.807, 2.05) is 13.8 Å². The van der Waals surface area contributed by atoms with Crippen LogP contribution in [0.15, 0.2) is 29.2 Å². The van der Waals surface area contributed by atoms with Crippen molar-refractivity contribution in [2.45, 2.75) is 56.4 Å². The van der Waals surface area contributed by atoms with Gasteiger partial charge in [0.25, 0.3) is 0 Å². The van der Waals surface area contributed by atoms with E-state index in [4.69, 9.17) is 4.74 Å². The van der Waals surface area contributed by atoms with Gasteiger partial charge in [0.2, 0.25) is 15.7 Å². The molecule has 2 rings (SSSR count). The molecule has 6 nitrogen and oxygen atoms in total. The molecular weight excluding hydrogens is 402 g/mol. The van der Waals surface area contributed by atoms with Gasteiger partial charge in [-0.05, 0) is 63.9 Å². The van der Waals surface area contributed by atoms with E-state index >= 15 is 0 Å². The lowest BCUT2D eigenvalue weighted by molar-refractivity contribution is -0.126. The van der Waals surface area contributed by atoms with Gasteiger partial charge < -0.3 is 10.1 Å². The van der Waals surface area contributed by atoms with Crippen molar-refractivity contribution in [1.82, 2.24) is 10.2 Å². The highest BCUT2D eigenvalue weighted by atomic mass is 32.2. The summed E-state index contributed by atoms with van der Waals surface area (Å²) in [5, 5.41) is 2.96. The van der Waals surface area contributed by atoms with Gasteiger partial charge in [-0.15, -0.1) is 0 Å². The minimum Gasteiger partial charge on any atom is -0.379 e. The summed E-state index contributed by atoms with van der Waals surface area (Å²) in [6, 6.07) is 5.57. The molecule has 1 fully saturated rings. The summed E-state index contributed by atoms with van der Waals surface area (Å²) in [5.41, 5.74) is 0.853. The second-order valence-corrected chi connectivity index (χ2v) is 9.48. The van der Waals surface area contributed by atoms with Crippen molar-refractivity contribution in [2.24, 2.45) is 5.92 Å². The van der Waals surface area contributed by atoms with E-state index < -0.39 is 15.6 Å². The highest BCUT2D eigenvalue weighted by molar-refractivity contribution is 7.91. The van der Waals surface area contributed by atoms with Gasteiger partial charge >= 0.3 is 5.76 Å². The van der Waals surface area contributed by atoms with Gasteiger partial charge in [0.1, 0.15) is 0 Å². The minimum absolute atomic E-state index is 0.00386. The first kappa shape index (κ1) is 23.7. The van der Waals surface area contributed by atoms with Crippen molar-refractivity contribution in [1.29, 1.82) is 0 Å². The van der Waals surface area contributed by atoms with Gasteiger partial charge in [-0.25, -0.2) is 8.42 Å². The molecule has 1 amide bonds. The predicted octanol–water partition coefficient (Wildman–Crippen LogP) is 2.83. The molecule has 1 saturated heterocycles. The number of amides is 1. The van der Waals surface area contributed by atoms with Crippen LogP contribution in [-0.2, 0) is 25.9 Å². The molecule has 29 heavy (non-hydrogen) atoms. The molecule has 1 aromatic carbocycles. The van der Waals surface area contributed by atoms with Crippen LogP contribution in [0.25, 0.3) is 0 Å². The lowest BCUT2D eigenvalue weighted by atomic mass is 9.95. The highest BCUT2D eigenvalue weighted by Gasteiger charge is 2.27. The molecule has 1 heterocycles. The third-order valence-electron chi connectivity index (χ3n) is 4.92. The van der Waals surface area contributed by atoms with Crippen LogP contribution in [0.2, 0.25) is 0 Å². The Morgan fingerprint density at radius 3 is 2.38 bits per heavy atom. The van der Waals surface area contributed by atoms with Crippen molar-refractivity contribution in [3.05, 3.63) is 29.8 Å². The maximum absolute atomic E-state index is 12.6. The number of hydrogen-bond donors (Lipinski definition) is 1. The fourth-order valence-corrected chi connectivity index (χ4v) is 3.97. The first-order chi connectivity index (χ1) is 13.7. The number of hydrogen-bond acceptors (Lipinski definition) is 5. The number of likely N-dealkylation sites (tertiary alicyclic amines) is 1. The molecule has 9 heteroatoms. The predicted molar refractivity (Wildman–Crippen MR) is 106 cm³/mol. The highest BCUT2D eigenvalue weighted by Crippen LogP contribution is 2.22. The standard InChI is InChI=1S/C20H30F2N2O4S/c1-15(2)28-13-3-10-23-19(25)17-8-11-24(12-9-17)14-16-4-6-18(7-5-16)29(26,27)20(21)22/h4-7,15,17,20H,3,8-14H2,1-2H3,(H,23,25). The molecule has 0 aliphatic carbocycles. The molecule has 0 bridgehead atoms. The maximum atomic E-state index is 12.6. The third-order valence-corrected chi connectivity index (χ3v) is 6.32. The average molecular weight is 433 g/mol. The second-order valence-electron chi connectivity index (χ2n) is 7.56. The number of ether oxygens (including phenoxy) is 1. The molecule has 1 aliphatic heterocycles. The molecule has 1 aliphatic rings. The summed E-state index contributed by atoms with van der Waals surface area (Å²) >= 11 is 0. The zero-order chi connectivity index (χ0) is 21.4. The lowest BCUT2D eigenvalue weighted by Gasteiger charge is -2.31. The Labute approximate surface area is 171 Å². The summed E-state index contributed by atoms with van der Waals surface area (Å²) in [6.07, 6.45) is 2.50. The number of sulfone groups is 1. The molecule has 0 unspecified atom stereocenters. The Bertz CT molecular complexity index is 746. The topological polar surface area (TPSA) is 75.7 Å². The van der Waals surface area contributed by atoms with E-state index in [0.29, 0.717) is 19.7 Å². The van der Waals surface area contributed by atoms with Crippen LogP contribution in [0.4, 0.5) is 8.78 Å². The number of benzene rings is 1. The van der Waals surface area contributed by atoms with Crippen molar-refractivity contribution < 1.29 is 26.7 Å². The Morgan fingerprint density at radius 2 is 1.83 bits per heavy atom. The zero-order valence-corrected chi connectivity index (χ0v) is 17.8. The smallest absolute Gasteiger partial charge is 0.341 e. The van der Waals surface area contributed by atoms with Gasteiger partial charge in [-0.1, -0.05) is 12.1 Å². The molecular formula is C20H30F2N2O4S. The summed E-state index contributed by atoms with van der Waals surface area (Å²) < 4.78 is 53.6. The van der Waals surface area contributed by atoms with Gasteiger partial charge in [-0.3, -0.25) is 9.69 Å². The summed E-state index contributed by atoms with van der Waals surface area (Å²) in [5.74, 6) is -3.34. The summed E-state index contributed by atoms with van der Waals surface area (Å²) in [6.45, 7) is 7.30. The SMILES string of the molecule is CC(C)OCCCNC(=O)C1CCN(Cc2ccc(S(=O)(=O)C(F)F)cc2)CC1. The number of alkyl halides is 2. The van der Waals surface area contributed by atoms with Crippen LogP contribution >= 0.6 is 0 Å². The Balaban J connectivity index is 1.73. The molecule has 0 atom stereocenters. The van der Waals surface area contributed by atoms with Gasteiger partial charge in [0.15, 0.2) is 0 Å². The minimum atomic E-state index is -4.56. The molecule has 0 aromatic heterocycles. The number of nitrogens with one attached hydrogen (secondary N) is 1. The summed E-state index contributed by atoms with van der Waals surface area (Å²) in [7, 11) is -4.56. The second kappa shape index (κ2) is 11.0. The third kappa shape index (κ3) is 7.31. The molecule has 164 valence electrons. The lowest BCUT2D eigenvalue weighted by Crippen LogP contribution is -2.40. The van der Waals surface area contributed by atoms with E-state index in [1.165, 1.54) is 12.1 Å². The van der Waals surface area contributed by atoms with E-state index in [9.17, 15) is 22.0 Å². The summed E-state index contributed by atoms with van der Waals surface area (Å²) in [4.78, 5) is 14.1. The Kier molecular flexibility index (Phi) is 8.98. The van der Waals surface area contributed by atoms with Crippen LogP contribution in [0, 0.1) is 5.92 Å². The van der Waals surface area contributed by atoms with E-state index in [2.05, 4.69) is 10.2 Å². The largest absolute Gasteiger partial charge is 0.379 e. The maximum Gasteiger partial charge on any atom is 0.341 e. The number of rotatable bonds is 10. The van der Waals surface area contributed by atoms with E-state index in [0.717, 1.165) is 37.9 Å². The van der Waals surface area contributed by atoms with Gasteiger partial charge in [0.05, 0.1) is 11.0 Å². The van der Waals surface area contributed by atoms with Crippen molar-refractivity contribution in [3.63, 3.8) is 0 Å². The number of carbonyl (C=O) groups is 1. The van der Waals surface area contributed by atoms with Crippen molar-refractivity contribution in [2.75, 3.05) is 26.2 Å². The van der Waals surface area contributed by atoms with Gasteiger partial charge in [0, 0.05) is 25.6 Å². The molecule has 0 saturated carbocycles. The van der Waals surface area contributed by atoms with Crippen molar-refractivity contribution >= 4 is 15.7 Å². The number of halogens is 2. The fourth-order valence-electron chi connectivity index (χ4n) is 3.25. The molecule has 0 radical (unpaired) electrons. The number of nitrogens with zero attached hydrogens (tertiary/aromatic N) is 1. The molecule has 1 aromatic rings. The Hall–Kier alpha value is -1.58. The van der Waals surface area contributed by atoms with Crippen molar-refractivity contribution in [3.8, 4) is 0 Å². The average Bonchev–Trinajstić information content (AvgIpc) is 2.68. The van der Waals surface area contributed by atoms with Crippen LogP contribution in [-0.4, -0.2) is 57.3 Å². The monoisotopic (exact) mass is 432 g/mol. The normalized spacial score (nSPS) is 16.5. The van der Waals surface area contributed by atoms with Crippen LogP contribution in [0.3, 0.4) is 0 Å². The Morgan fingerprint density at radius 1 is 1.21 bits per heavy atom. The first-order valence-corrected chi connectivity index (χ1v) is 11.5. The van der Waals surface area contributed by atoms with Crippen LogP contribution in [0.1, 0.15) is 38.7 Å². The van der Waals surface area contributed by atoms with E-state index in [1.54, 1.807) is 12.1 Å². The zero-order valence-electron chi connectivity index (χ0n) is 16.9. The first-order valence-electron chi connectivity index (χ1n) is 9.93. The van der Waals surface area contributed by atoms with Gasteiger partial charge in [-0.2, -0.15) is 8.78 Å². The number of carbonyl (C=O) groups excluding carboxylic acids is 1. The van der Waals surface area contributed by atoms with E-state index in [-0.39, 0.29) is 22.8 Å². The van der Waals surface area contributed by atoms with Crippen LogP contribution in [0.5, 0.6) is 0 Å². The van der Waals surface area contributed by atoms with Crippen LogP contribution < -0.4 is 5.32 Å².